The third-order valence-corrected chi connectivity index (χ3v) is 7.78. The molecule has 35 heavy (non-hydrogen) atoms. The molecule has 1 aliphatic carbocycles. The number of sulfonamides is 1. The van der Waals surface area contributed by atoms with Crippen LogP contribution in [0.2, 0.25) is 5.02 Å². The Balaban J connectivity index is 1.32. The summed E-state index contributed by atoms with van der Waals surface area (Å²) in [5, 5.41) is 11.6. The monoisotopic (exact) mass is 513 g/mol. The van der Waals surface area contributed by atoms with Crippen molar-refractivity contribution in [3.8, 4) is 0 Å². The fourth-order valence-electron chi connectivity index (χ4n) is 3.94. The summed E-state index contributed by atoms with van der Waals surface area (Å²) in [4.78, 5) is 11.1. The fraction of sp³-hybridized carbons (Fsp3) is 0.333. The van der Waals surface area contributed by atoms with Gasteiger partial charge in [0.2, 0.25) is 5.95 Å². The molecule has 2 N–H and O–H groups in total. The van der Waals surface area contributed by atoms with Gasteiger partial charge in [0.15, 0.2) is 5.82 Å². The number of aromatic nitrogens is 4. The van der Waals surface area contributed by atoms with Gasteiger partial charge >= 0.3 is 0 Å². The molecule has 11 heteroatoms. The predicted octanol–water partition coefficient (Wildman–Crippen LogP) is 4.18. The molecule has 0 radical (unpaired) electrons. The number of rotatable bonds is 8. The Morgan fingerprint density at radius 3 is 2.31 bits per heavy atom. The van der Waals surface area contributed by atoms with Crippen LogP contribution >= 0.6 is 11.6 Å². The Hall–Kier alpha value is -3.08. The molecule has 2 heterocycles. The van der Waals surface area contributed by atoms with E-state index in [9.17, 15) is 8.42 Å². The average Bonchev–Trinajstić information content (AvgIpc) is 2.85. The quantitative estimate of drug-likeness (QED) is 0.461. The van der Waals surface area contributed by atoms with Gasteiger partial charge in [-0.2, -0.15) is 0 Å². The molecule has 0 bridgehead atoms. The summed E-state index contributed by atoms with van der Waals surface area (Å²) in [5.41, 5.74) is 1.38. The first-order chi connectivity index (χ1) is 16.8. The Labute approximate surface area is 210 Å². The highest BCUT2D eigenvalue weighted by atomic mass is 35.5. The minimum atomic E-state index is -3.86. The van der Waals surface area contributed by atoms with Crippen molar-refractivity contribution in [1.82, 2.24) is 25.1 Å². The number of nitrogens with zero attached hydrogens (tertiary/aromatic N) is 5. The minimum Gasteiger partial charge on any atom is -0.351 e. The molecule has 0 unspecified atom stereocenters. The summed E-state index contributed by atoms with van der Waals surface area (Å²) < 4.78 is 27.4. The Morgan fingerprint density at radius 2 is 1.69 bits per heavy atom. The lowest BCUT2D eigenvalue weighted by Crippen LogP contribution is -2.36. The van der Waals surface area contributed by atoms with Crippen LogP contribution < -0.4 is 10.0 Å². The first-order valence-electron chi connectivity index (χ1n) is 11.3. The summed E-state index contributed by atoms with van der Waals surface area (Å²) >= 11 is 5.99. The van der Waals surface area contributed by atoms with Crippen LogP contribution in [0.25, 0.3) is 12.2 Å². The van der Waals surface area contributed by atoms with Crippen molar-refractivity contribution in [2.75, 3.05) is 24.1 Å². The summed E-state index contributed by atoms with van der Waals surface area (Å²) in [7, 11) is 0.412. The second-order valence-corrected chi connectivity index (χ2v) is 10.7. The van der Waals surface area contributed by atoms with E-state index < -0.39 is 10.0 Å². The maximum atomic E-state index is 12.5. The Morgan fingerprint density at radius 1 is 0.971 bits per heavy atom. The lowest BCUT2D eigenvalue weighted by atomic mass is 9.91. The summed E-state index contributed by atoms with van der Waals surface area (Å²) in [6, 6.07) is 10.5. The molecule has 1 fully saturated rings. The van der Waals surface area contributed by atoms with Crippen molar-refractivity contribution in [3.05, 3.63) is 65.1 Å². The van der Waals surface area contributed by atoms with Gasteiger partial charge in [-0.1, -0.05) is 23.7 Å². The molecule has 4 rings (SSSR count). The van der Waals surface area contributed by atoms with E-state index in [4.69, 9.17) is 11.6 Å². The summed E-state index contributed by atoms with van der Waals surface area (Å²) in [6.07, 6.45) is 11.6. The molecule has 1 aromatic carbocycles. The van der Waals surface area contributed by atoms with E-state index >= 15 is 0 Å². The molecule has 0 amide bonds. The van der Waals surface area contributed by atoms with E-state index in [2.05, 4.69) is 49.2 Å². The lowest BCUT2D eigenvalue weighted by molar-refractivity contribution is 0.221. The maximum absolute atomic E-state index is 12.5. The van der Waals surface area contributed by atoms with Gasteiger partial charge < -0.3 is 10.2 Å². The molecule has 9 nitrogen and oxygen atoms in total. The third kappa shape index (κ3) is 6.74. The van der Waals surface area contributed by atoms with Crippen LogP contribution in [0, 0.1) is 0 Å². The predicted molar refractivity (Wildman–Crippen MR) is 139 cm³/mol. The largest absolute Gasteiger partial charge is 0.351 e. The molecule has 0 aliphatic heterocycles. The van der Waals surface area contributed by atoms with E-state index in [1.165, 1.54) is 31.0 Å². The number of halogens is 1. The molecule has 1 aliphatic rings. The van der Waals surface area contributed by atoms with E-state index in [0.717, 1.165) is 18.4 Å². The van der Waals surface area contributed by atoms with Crippen LogP contribution in [0.15, 0.2) is 53.7 Å². The molecule has 1 saturated carbocycles. The zero-order valence-electron chi connectivity index (χ0n) is 19.6. The fourth-order valence-corrected chi connectivity index (χ4v) is 5.46. The second kappa shape index (κ2) is 11.1. The van der Waals surface area contributed by atoms with Crippen molar-refractivity contribution in [2.45, 2.75) is 42.7 Å². The molecule has 0 atom stereocenters. The average molecular weight is 514 g/mol. The topological polar surface area (TPSA) is 113 Å². The number of nitrogens with one attached hydrogen (secondary N) is 2. The van der Waals surface area contributed by atoms with Gasteiger partial charge in [0, 0.05) is 30.0 Å². The van der Waals surface area contributed by atoms with Crippen molar-refractivity contribution in [1.29, 1.82) is 0 Å². The molecule has 3 aromatic rings. The standard InChI is InChI=1S/C24H28ClN7O2S/c1-32(2)20-12-9-18(10-13-20)28-24-26-15-17(16-27-24)7-8-19-11-14-23(30-29-19)31-35(33,34)22-6-4-3-5-21(22)25/h3-8,11,14-16,18,20H,9-10,12-13H2,1-2H3,(H,30,31)(H,26,27,28)/b8-7+/t18-,20-. The number of hydrogen-bond acceptors (Lipinski definition) is 8. The first kappa shape index (κ1) is 25.0. The highest BCUT2D eigenvalue weighted by molar-refractivity contribution is 7.92. The van der Waals surface area contributed by atoms with Crippen molar-refractivity contribution >= 4 is 45.5 Å². The Bertz CT molecular complexity index is 1260. The highest BCUT2D eigenvalue weighted by Gasteiger charge is 2.22. The minimum absolute atomic E-state index is 0.0216. The molecule has 184 valence electrons. The van der Waals surface area contributed by atoms with Crippen LogP contribution in [-0.4, -0.2) is 59.7 Å². The zero-order chi connectivity index (χ0) is 24.8. The zero-order valence-corrected chi connectivity index (χ0v) is 21.2. The molecule has 0 saturated heterocycles. The van der Waals surface area contributed by atoms with E-state index in [1.54, 1.807) is 36.7 Å². The van der Waals surface area contributed by atoms with Gasteiger partial charge in [0.1, 0.15) is 4.90 Å². The normalized spacial score (nSPS) is 18.6. The molecule has 2 aromatic heterocycles. The third-order valence-electron chi connectivity index (χ3n) is 5.93. The van der Waals surface area contributed by atoms with Crippen LogP contribution in [0.4, 0.5) is 11.8 Å². The second-order valence-electron chi connectivity index (χ2n) is 8.67. The van der Waals surface area contributed by atoms with Crippen LogP contribution in [0.5, 0.6) is 0 Å². The van der Waals surface area contributed by atoms with E-state index in [1.807, 2.05) is 6.08 Å². The van der Waals surface area contributed by atoms with Gasteiger partial charge in [-0.05, 0) is 76.2 Å². The first-order valence-corrected chi connectivity index (χ1v) is 13.2. The van der Waals surface area contributed by atoms with Crippen LogP contribution in [-0.2, 0) is 10.0 Å². The van der Waals surface area contributed by atoms with Crippen molar-refractivity contribution in [3.63, 3.8) is 0 Å². The SMILES string of the molecule is CN(C)[C@H]1CC[C@H](Nc2ncc(/C=C/c3ccc(NS(=O)(=O)c4ccccc4Cl)nn3)cn2)CC1. The van der Waals surface area contributed by atoms with Gasteiger partial charge in [-0.3, -0.25) is 4.72 Å². The Kier molecular flexibility index (Phi) is 7.94. The van der Waals surface area contributed by atoms with E-state index in [0.29, 0.717) is 23.7 Å². The van der Waals surface area contributed by atoms with Gasteiger partial charge in [-0.25, -0.2) is 18.4 Å². The van der Waals surface area contributed by atoms with Gasteiger partial charge in [0.05, 0.1) is 10.7 Å². The van der Waals surface area contributed by atoms with Crippen LogP contribution in [0.3, 0.4) is 0 Å². The van der Waals surface area contributed by atoms with E-state index in [-0.39, 0.29) is 15.7 Å². The number of benzene rings is 1. The number of anilines is 2. The molecular weight excluding hydrogens is 486 g/mol. The smallest absolute Gasteiger partial charge is 0.264 e. The summed E-state index contributed by atoms with van der Waals surface area (Å²) in [5.74, 6) is 0.728. The summed E-state index contributed by atoms with van der Waals surface area (Å²) in [6.45, 7) is 0. The lowest BCUT2D eigenvalue weighted by Gasteiger charge is -2.32. The molecule has 0 spiro atoms. The van der Waals surface area contributed by atoms with Crippen molar-refractivity contribution < 1.29 is 8.42 Å². The number of hydrogen-bond donors (Lipinski definition) is 2. The van der Waals surface area contributed by atoms with Gasteiger partial charge in [-0.15, -0.1) is 10.2 Å². The van der Waals surface area contributed by atoms with Crippen LogP contribution in [0.1, 0.15) is 36.9 Å². The molecular formula is C24H28ClN7O2S. The maximum Gasteiger partial charge on any atom is 0.264 e. The van der Waals surface area contributed by atoms with Crippen molar-refractivity contribution in [2.24, 2.45) is 0 Å². The van der Waals surface area contributed by atoms with Gasteiger partial charge in [0.25, 0.3) is 10.0 Å². The highest BCUT2D eigenvalue weighted by Crippen LogP contribution is 2.24.